The molecule has 0 aliphatic heterocycles. The Labute approximate surface area is 85.4 Å². The summed E-state index contributed by atoms with van der Waals surface area (Å²) in [4.78, 5) is 29.3. The van der Waals surface area contributed by atoms with E-state index >= 15 is 0 Å². The van der Waals surface area contributed by atoms with Crippen LogP contribution in [0, 0.1) is 0 Å². The monoisotopic (exact) mass is 184 g/mol. The van der Waals surface area contributed by atoms with Crippen molar-refractivity contribution in [2.75, 3.05) is 0 Å². The number of hydrogen-bond acceptors (Lipinski definition) is 4. The van der Waals surface area contributed by atoms with Gasteiger partial charge < -0.3 is 22.7 Å². The van der Waals surface area contributed by atoms with E-state index in [-0.39, 0.29) is 37.7 Å². The molecule has 0 aromatic carbocycles. The minimum atomic E-state index is -4.61. The molecule has 0 aliphatic carbocycles. The van der Waals surface area contributed by atoms with Gasteiger partial charge in [-0.1, -0.05) is 0 Å². The van der Waals surface area contributed by atoms with Crippen LogP contribution in [0.2, 0.25) is 0 Å². The quantitative estimate of drug-likeness (QED) is 0.295. The van der Waals surface area contributed by atoms with E-state index < -0.39 is 9.05 Å². The van der Waals surface area contributed by atoms with Gasteiger partial charge in [-0.05, 0) is 0 Å². The topological polar surface area (TPSA) is 80.9 Å². The second-order valence-electron chi connectivity index (χ2n) is 0.600. The maximum Gasteiger partial charge on any atom is 0.447 e. The van der Waals surface area contributed by atoms with Crippen molar-refractivity contribution in [2.24, 2.45) is 0 Å². The molecule has 0 aliphatic rings. The predicted octanol–water partition coefficient (Wildman–Crippen LogP) is -3.49. The molecule has 0 bridgehead atoms. The molecule has 0 spiro atoms. The summed E-state index contributed by atoms with van der Waals surface area (Å²) in [6.45, 7) is 0. The summed E-state index contributed by atoms with van der Waals surface area (Å²) in [6, 6.07) is 0. The minimum absolute atomic E-state index is 0. The largest absolute Gasteiger partial charge is 0.447 e. The van der Waals surface area contributed by atoms with E-state index in [4.69, 9.17) is 19.2 Å². The summed E-state index contributed by atoms with van der Waals surface area (Å²) in [5, 5.41) is 0. The molecule has 0 atom stereocenters. The van der Waals surface area contributed by atoms with Gasteiger partial charge in [0.05, 0.1) is 0 Å². The summed E-state index contributed by atoms with van der Waals surface area (Å²) < 4.78 is 9.42. The molecular weight excluding hydrogens is 178 g/mol. The van der Waals surface area contributed by atoms with Crippen molar-refractivity contribution in [3.05, 3.63) is 0 Å². The van der Waals surface area contributed by atoms with Crippen LogP contribution in [-0.2, 0) is 0 Å². The van der Waals surface area contributed by atoms with E-state index in [1.165, 1.54) is 0 Å². The van der Waals surface area contributed by atoms with E-state index in [0.29, 0.717) is 0 Å². The van der Waals surface area contributed by atoms with Crippen LogP contribution in [0.4, 0.5) is 3.52 Å². The Kier molecular flexibility index (Phi) is 18.0. The summed E-state index contributed by atoms with van der Waals surface area (Å²) in [5.74, 6) is 0. The Morgan fingerprint density at radius 2 is 1.00 bits per heavy atom. The van der Waals surface area contributed by atoms with Crippen molar-refractivity contribution in [1.82, 2.24) is 0 Å². The van der Waals surface area contributed by atoms with Gasteiger partial charge in [-0.3, -0.25) is 0 Å². The van der Waals surface area contributed by atoms with E-state index in [2.05, 4.69) is 0 Å². The zero-order chi connectivity index (χ0) is 6.50. The summed E-state index contributed by atoms with van der Waals surface area (Å²) in [7, 11) is -4.61. The van der Waals surface area contributed by atoms with Crippen molar-refractivity contribution < 1.29 is 22.7 Å². The molecule has 0 fully saturated rings. The number of halogens is 1. The minimum Gasteiger partial charge on any atom is -0.447 e. The van der Waals surface area contributed by atoms with Gasteiger partial charge in [-0.25, -0.2) is 0 Å². The van der Waals surface area contributed by atoms with E-state index in [0.717, 1.165) is 16.7 Å². The van der Waals surface area contributed by atoms with Gasteiger partial charge in [0.1, 0.15) is 0 Å². The van der Waals surface area contributed by atoms with Gasteiger partial charge in [0.2, 0.25) is 0 Å². The summed E-state index contributed by atoms with van der Waals surface area (Å²) >= 11 is 0.917. The van der Waals surface area contributed by atoms with Crippen LogP contribution in [0.3, 0.4) is 0 Å². The first-order valence-corrected chi connectivity index (χ1v) is 3.34. The van der Waals surface area contributed by atoms with Gasteiger partial charge in [-0.15, -0.1) is 0 Å². The van der Waals surface area contributed by atoms with E-state index in [1.54, 1.807) is 0 Å². The fourth-order valence-electron chi connectivity index (χ4n) is 0. The summed E-state index contributed by atoms with van der Waals surface area (Å²) in [6.07, 6.45) is 0. The molecule has 4 nitrogen and oxygen atoms in total. The maximum atomic E-state index is 9.42. The van der Waals surface area contributed by atoms with Crippen LogP contribution in [0.25, 0.3) is 0 Å². The maximum absolute atomic E-state index is 9.42. The molecule has 4 N–H and O–H groups in total. The van der Waals surface area contributed by atoms with Gasteiger partial charge >= 0.3 is 63.5 Å². The smallest absolute Gasteiger partial charge is 0.447 e. The third-order valence-electron chi connectivity index (χ3n) is 0. The molecule has 8 heteroatoms. The molecule has 0 saturated carbocycles. The molecule has 0 heterocycles. The standard InChI is InChI=1S/Al.Ca.FH.H4O4Si.2H/c;;;1-5(2,3)4;;/h;;1H;1-4H;;/q+1;;;;;/p-1. The van der Waals surface area contributed by atoms with Crippen molar-refractivity contribution in [1.29, 1.82) is 0 Å². The third-order valence-corrected chi connectivity index (χ3v) is 0. The van der Waals surface area contributed by atoms with Crippen LogP contribution in [-0.4, -0.2) is 82.7 Å². The summed E-state index contributed by atoms with van der Waals surface area (Å²) in [5.41, 5.74) is 0. The fraction of sp³-hybridized carbons (Fsp3) is 0. The van der Waals surface area contributed by atoms with E-state index in [9.17, 15) is 3.52 Å². The van der Waals surface area contributed by atoms with Crippen molar-refractivity contribution in [2.45, 2.75) is 0 Å². The fourth-order valence-corrected chi connectivity index (χ4v) is 0. The first-order chi connectivity index (χ1) is 3.00. The molecule has 0 unspecified atom stereocenters. The zero-order valence-corrected chi connectivity index (χ0v) is 5.40. The Hall–Kier alpha value is 1.78. The Bertz CT molecular complexity index is 31.5. The normalized spacial score (nSPS) is 8.12. The van der Waals surface area contributed by atoms with Crippen LogP contribution in [0.5, 0.6) is 0 Å². The molecule has 0 saturated heterocycles. The van der Waals surface area contributed by atoms with E-state index in [1.807, 2.05) is 0 Å². The van der Waals surface area contributed by atoms with Gasteiger partial charge in [0.25, 0.3) is 0 Å². The van der Waals surface area contributed by atoms with Crippen LogP contribution in [0.15, 0.2) is 0 Å². The molecule has 46 valence electrons. The Morgan fingerprint density at radius 3 is 1.00 bits per heavy atom. The molecule has 0 rings (SSSR count). The first-order valence-electron chi connectivity index (χ1n) is 1.11. The average molecular weight is 184 g/mol. The molecule has 0 aromatic heterocycles. The van der Waals surface area contributed by atoms with Crippen LogP contribution in [0.1, 0.15) is 0 Å². The average Bonchev–Trinajstić information content (AvgIpc) is 1.36. The first kappa shape index (κ1) is 16.4. The Morgan fingerprint density at radius 1 is 1.00 bits per heavy atom. The van der Waals surface area contributed by atoms with Gasteiger partial charge in [0.15, 0.2) is 0 Å². The van der Waals surface area contributed by atoms with Crippen LogP contribution < -0.4 is 0 Å². The molecular formula is H6AlCaFO4Si. The zero-order valence-electron chi connectivity index (χ0n) is 3.24. The van der Waals surface area contributed by atoms with Gasteiger partial charge in [0, 0.05) is 0 Å². The molecule has 0 amide bonds. The molecule has 0 aromatic rings. The molecule has 8 heavy (non-hydrogen) atoms. The molecule has 2 radical (unpaired) electrons. The predicted molar refractivity (Wildman–Crippen MR) is 30.0 cm³/mol. The van der Waals surface area contributed by atoms with Crippen molar-refractivity contribution in [3.8, 4) is 0 Å². The van der Waals surface area contributed by atoms with Crippen molar-refractivity contribution >= 4 is 63.5 Å². The van der Waals surface area contributed by atoms with Crippen molar-refractivity contribution in [3.63, 3.8) is 0 Å². The Balaban J connectivity index is -0.0000000750. The van der Waals surface area contributed by atoms with Gasteiger partial charge in [-0.2, -0.15) is 0 Å². The number of rotatable bonds is 0. The second kappa shape index (κ2) is 8.78. The van der Waals surface area contributed by atoms with Crippen LogP contribution >= 0.6 is 0 Å². The number of hydrogen-bond donors (Lipinski definition) is 4. The SMILES string of the molecule is O[Si](O)(O)O.[CaH2].[F][Al]. The third kappa shape index (κ3) is 113. The second-order valence-corrected chi connectivity index (χ2v) is 1.80.